The summed E-state index contributed by atoms with van der Waals surface area (Å²) < 4.78 is 12.8. The van der Waals surface area contributed by atoms with Crippen LogP contribution in [0.3, 0.4) is 0 Å². The number of nitrogens with one attached hydrogen (secondary N) is 1. The molecule has 1 aromatic carbocycles. The molecular formula is C11H16ClFN2O. The lowest BCUT2D eigenvalue weighted by Gasteiger charge is -2.09. The van der Waals surface area contributed by atoms with E-state index in [9.17, 15) is 9.18 Å². The average molecular weight is 247 g/mol. The van der Waals surface area contributed by atoms with Crippen molar-refractivity contribution in [2.75, 3.05) is 7.05 Å². The molecule has 0 aliphatic heterocycles. The molecule has 0 saturated carbocycles. The summed E-state index contributed by atoms with van der Waals surface area (Å²) in [4.78, 5) is 11.5. The number of nitrogens with two attached hydrogens (primary N) is 1. The van der Waals surface area contributed by atoms with Crippen LogP contribution in [-0.4, -0.2) is 19.0 Å². The molecule has 90 valence electrons. The van der Waals surface area contributed by atoms with E-state index in [2.05, 4.69) is 11.1 Å². The third kappa shape index (κ3) is 4.59. The number of hydrogen-bond donors (Lipinski definition) is 2. The molecule has 16 heavy (non-hydrogen) atoms. The largest absolute Gasteiger partial charge is 0.350 e. The monoisotopic (exact) mass is 246 g/mol. The van der Waals surface area contributed by atoms with E-state index in [1.165, 1.54) is 19.2 Å². The molecule has 1 aromatic rings. The predicted octanol–water partition coefficient (Wildman–Crippen LogP) is 2.19. The Hall–Kier alpha value is -1.13. The van der Waals surface area contributed by atoms with Gasteiger partial charge < -0.3 is 11.1 Å². The first-order valence-corrected chi connectivity index (χ1v) is 5.22. The van der Waals surface area contributed by atoms with Crippen LogP contribution < -0.4 is 11.1 Å². The highest BCUT2D eigenvalue weighted by molar-refractivity contribution is 6.33. The fourth-order valence-corrected chi connectivity index (χ4v) is 1.21. The van der Waals surface area contributed by atoms with Crippen LogP contribution >= 0.6 is 11.6 Å². The standard InChI is InChI=1S/C10H11ClFNO.CH5N/c1-6(2)13-10(14)8-5-7(12)3-4-9(8)11;1-2/h3-6H,1-2H3,(H,13,14);2H2,1H3. The summed E-state index contributed by atoms with van der Waals surface area (Å²) in [6.45, 7) is 3.65. The maximum Gasteiger partial charge on any atom is 0.253 e. The van der Waals surface area contributed by atoms with Gasteiger partial charge in [0.15, 0.2) is 0 Å². The van der Waals surface area contributed by atoms with Gasteiger partial charge in [-0.1, -0.05) is 11.6 Å². The summed E-state index contributed by atoms with van der Waals surface area (Å²) in [5.74, 6) is -0.826. The van der Waals surface area contributed by atoms with E-state index < -0.39 is 5.82 Å². The molecule has 3 nitrogen and oxygen atoms in total. The fourth-order valence-electron chi connectivity index (χ4n) is 1.01. The minimum Gasteiger partial charge on any atom is -0.350 e. The minimum absolute atomic E-state index is 0.00170. The Morgan fingerprint density at radius 1 is 1.44 bits per heavy atom. The first-order valence-electron chi connectivity index (χ1n) is 4.84. The Labute approximate surface area is 99.8 Å². The van der Waals surface area contributed by atoms with Crippen LogP contribution in [0.4, 0.5) is 4.39 Å². The molecule has 0 unspecified atom stereocenters. The maximum absolute atomic E-state index is 12.8. The Bertz CT molecular complexity index is 356. The summed E-state index contributed by atoms with van der Waals surface area (Å²) >= 11 is 5.75. The van der Waals surface area contributed by atoms with E-state index in [-0.39, 0.29) is 22.5 Å². The zero-order valence-corrected chi connectivity index (χ0v) is 10.3. The summed E-state index contributed by atoms with van der Waals surface area (Å²) in [6.07, 6.45) is 0. The molecule has 0 spiro atoms. The van der Waals surface area contributed by atoms with Gasteiger partial charge in [-0.2, -0.15) is 0 Å². The SMILES string of the molecule is CC(C)NC(=O)c1cc(F)ccc1Cl.CN. The third-order valence-electron chi connectivity index (χ3n) is 1.59. The molecule has 0 aromatic heterocycles. The van der Waals surface area contributed by atoms with E-state index >= 15 is 0 Å². The lowest BCUT2D eigenvalue weighted by atomic mass is 10.2. The number of hydrogen-bond acceptors (Lipinski definition) is 2. The van der Waals surface area contributed by atoms with Gasteiger partial charge in [0.05, 0.1) is 10.6 Å². The van der Waals surface area contributed by atoms with Crippen LogP contribution in [0.15, 0.2) is 18.2 Å². The number of halogens is 2. The van der Waals surface area contributed by atoms with Gasteiger partial charge in [0.2, 0.25) is 0 Å². The molecule has 0 radical (unpaired) electrons. The van der Waals surface area contributed by atoms with Gasteiger partial charge in [-0.05, 0) is 39.1 Å². The summed E-state index contributed by atoms with van der Waals surface area (Å²) in [5, 5.41) is 2.89. The smallest absolute Gasteiger partial charge is 0.253 e. The van der Waals surface area contributed by atoms with Crippen molar-refractivity contribution in [1.29, 1.82) is 0 Å². The van der Waals surface area contributed by atoms with Crippen molar-refractivity contribution >= 4 is 17.5 Å². The molecule has 1 amide bonds. The molecule has 0 heterocycles. The topological polar surface area (TPSA) is 55.1 Å². The van der Waals surface area contributed by atoms with Gasteiger partial charge in [0.25, 0.3) is 5.91 Å². The number of amides is 1. The van der Waals surface area contributed by atoms with E-state index in [0.717, 1.165) is 6.07 Å². The summed E-state index contributed by atoms with van der Waals surface area (Å²) in [7, 11) is 1.50. The Balaban J connectivity index is 0.00000106. The second-order valence-electron chi connectivity index (χ2n) is 3.25. The molecule has 3 N–H and O–H groups in total. The predicted molar refractivity (Wildman–Crippen MR) is 64.1 cm³/mol. The fraction of sp³-hybridized carbons (Fsp3) is 0.364. The minimum atomic E-state index is -0.469. The van der Waals surface area contributed by atoms with Gasteiger partial charge in [-0.25, -0.2) is 4.39 Å². The highest BCUT2D eigenvalue weighted by atomic mass is 35.5. The molecule has 5 heteroatoms. The van der Waals surface area contributed by atoms with E-state index in [4.69, 9.17) is 11.6 Å². The van der Waals surface area contributed by atoms with Crippen molar-refractivity contribution in [2.45, 2.75) is 19.9 Å². The van der Waals surface area contributed by atoms with E-state index in [0.29, 0.717) is 0 Å². The molecule has 1 rings (SSSR count). The lowest BCUT2D eigenvalue weighted by molar-refractivity contribution is 0.0943. The van der Waals surface area contributed by atoms with Gasteiger partial charge in [0.1, 0.15) is 5.82 Å². The highest BCUT2D eigenvalue weighted by Crippen LogP contribution is 2.16. The Morgan fingerprint density at radius 3 is 2.50 bits per heavy atom. The van der Waals surface area contributed by atoms with Crippen LogP contribution in [0.5, 0.6) is 0 Å². The number of rotatable bonds is 2. The van der Waals surface area contributed by atoms with Crippen molar-refractivity contribution < 1.29 is 9.18 Å². The average Bonchev–Trinajstić information content (AvgIpc) is 2.23. The van der Waals surface area contributed by atoms with Crippen molar-refractivity contribution in [2.24, 2.45) is 5.73 Å². The first-order chi connectivity index (χ1) is 7.50. The van der Waals surface area contributed by atoms with Crippen LogP contribution in [0.25, 0.3) is 0 Å². The van der Waals surface area contributed by atoms with Crippen molar-refractivity contribution in [3.63, 3.8) is 0 Å². The Kier molecular flexibility index (Phi) is 6.69. The maximum atomic E-state index is 12.8. The van der Waals surface area contributed by atoms with Gasteiger partial charge in [-0.15, -0.1) is 0 Å². The first kappa shape index (κ1) is 14.9. The van der Waals surface area contributed by atoms with Crippen LogP contribution in [0, 0.1) is 5.82 Å². The Morgan fingerprint density at radius 2 is 2.00 bits per heavy atom. The normalized spacial score (nSPS) is 9.44. The second kappa shape index (κ2) is 7.19. The number of carbonyl (C=O) groups excluding carboxylic acids is 1. The molecule has 0 aliphatic carbocycles. The second-order valence-corrected chi connectivity index (χ2v) is 3.66. The third-order valence-corrected chi connectivity index (χ3v) is 1.92. The molecule has 0 bridgehead atoms. The lowest BCUT2D eigenvalue weighted by Crippen LogP contribution is -2.30. The van der Waals surface area contributed by atoms with Gasteiger partial charge in [0, 0.05) is 6.04 Å². The van der Waals surface area contributed by atoms with Crippen molar-refractivity contribution in [3.8, 4) is 0 Å². The van der Waals surface area contributed by atoms with E-state index in [1.54, 1.807) is 0 Å². The van der Waals surface area contributed by atoms with Crippen LogP contribution in [-0.2, 0) is 0 Å². The summed E-state index contributed by atoms with van der Waals surface area (Å²) in [6, 6.07) is 3.71. The molecule has 0 aliphatic rings. The quantitative estimate of drug-likeness (QED) is 0.841. The number of carbonyl (C=O) groups is 1. The van der Waals surface area contributed by atoms with Crippen LogP contribution in [0.2, 0.25) is 5.02 Å². The zero-order chi connectivity index (χ0) is 12.7. The molecule has 0 fully saturated rings. The zero-order valence-electron chi connectivity index (χ0n) is 9.55. The van der Waals surface area contributed by atoms with Gasteiger partial charge >= 0.3 is 0 Å². The molecule has 0 saturated heterocycles. The summed E-state index contributed by atoms with van der Waals surface area (Å²) in [5.41, 5.74) is 4.67. The molecule has 0 atom stereocenters. The van der Waals surface area contributed by atoms with Crippen molar-refractivity contribution in [1.82, 2.24) is 5.32 Å². The van der Waals surface area contributed by atoms with Crippen molar-refractivity contribution in [3.05, 3.63) is 34.6 Å². The highest BCUT2D eigenvalue weighted by Gasteiger charge is 2.11. The number of benzene rings is 1. The molecular weight excluding hydrogens is 231 g/mol. The van der Waals surface area contributed by atoms with Gasteiger partial charge in [-0.3, -0.25) is 4.79 Å². The van der Waals surface area contributed by atoms with Crippen LogP contribution in [0.1, 0.15) is 24.2 Å². The van der Waals surface area contributed by atoms with E-state index in [1.807, 2.05) is 13.8 Å².